The maximum absolute atomic E-state index is 8.69. The van der Waals surface area contributed by atoms with E-state index in [2.05, 4.69) is 6.07 Å². The van der Waals surface area contributed by atoms with E-state index >= 15 is 0 Å². The third-order valence-electron chi connectivity index (χ3n) is 2.92. The topological polar surface area (TPSA) is 59.0 Å². The Hall–Kier alpha value is -1.40. The second-order valence-corrected chi connectivity index (χ2v) is 4.74. The number of nitriles is 1. The van der Waals surface area contributed by atoms with Crippen LogP contribution in [0.3, 0.4) is 0 Å². The lowest BCUT2D eigenvalue weighted by molar-refractivity contribution is 0.238. The fourth-order valence-corrected chi connectivity index (χ4v) is 1.74. The van der Waals surface area contributed by atoms with Crippen molar-refractivity contribution in [3.8, 4) is 11.8 Å². The van der Waals surface area contributed by atoms with Crippen LogP contribution in [0.5, 0.6) is 5.75 Å². The fourth-order valence-electron chi connectivity index (χ4n) is 1.58. The van der Waals surface area contributed by atoms with E-state index in [4.69, 9.17) is 27.3 Å². The minimum atomic E-state index is 0.0590. The molecule has 1 fully saturated rings. The second-order valence-electron chi connectivity index (χ2n) is 4.31. The zero-order chi connectivity index (χ0) is 11.6. The molecule has 1 saturated carbocycles. The molecule has 0 unspecified atom stereocenters. The van der Waals surface area contributed by atoms with Crippen LogP contribution in [-0.2, 0) is 0 Å². The molecule has 0 heterocycles. The molecule has 2 N–H and O–H groups in total. The van der Waals surface area contributed by atoms with Crippen molar-refractivity contribution in [2.24, 2.45) is 5.41 Å². The number of benzene rings is 1. The van der Waals surface area contributed by atoms with Crippen LogP contribution in [0.15, 0.2) is 18.2 Å². The van der Waals surface area contributed by atoms with Crippen molar-refractivity contribution in [2.45, 2.75) is 19.3 Å². The predicted molar refractivity (Wildman–Crippen MR) is 63.3 cm³/mol. The zero-order valence-corrected chi connectivity index (χ0v) is 9.63. The summed E-state index contributed by atoms with van der Waals surface area (Å²) in [4.78, 5) is 0. The molecule has 1 aromatic rings. The largest absolute Gasteiger partial charge is 0.491 e. The number of ether oxygens (including phenoxy) is 1. The number of hydrogen-bond acceptors (Lipinski definition) is 3. The molecule has 0 bridgehead atoms. The lowest BCUT2D eigenvalue weighted by Gasteiger charge is -2.14. The number of hydrogen-bond donors (Lipinski definition) is 1. The van der Waals surface area contributed by atoms with Crippen LogP contribution in [-0.4, -0.2) is 6.61 Å². The minimum Gasteiger partial charge on any atom is -0.491 e. The van der Waals surface area contributed by atoms with E-state index in [1.165, 1.54) is 0 Å². The van der Waals surface area contributed by atoms with Gasteiger partial charge >= 0.3 is 0 Å². The number of halogens is 1. The molecule has 1 aliphatic carbocycles. The van der Waals surface area contributed by atoms with Crippen LogP contribution in [0, 0.1) is 16.7 Å². The average Bonchev–Trinajstić information content (AvgIpc) is 3.01. The quantitative estimate of drug-likeness (QED) is 0.818. The molecular formula is C12H13ClN2O. The van der Waals surface area contributed by atoms with E-state index in [0.717, 1.165) is 12.8 Å². The average molecular weight is 237 g/mol. The molecule has 0 amide bonds. The Morgan fingerprint density at radius 3 is 2.88 bits per heavy atom. The third-order valence-corrected chi connectivity index (χ3v) is 3.16. The molecule has 2 rings (SSSR count). The highest BCUT2D eigenvalue weighted by molar-refractivity contribution is 6.30. The number of rotatable bonds is 4. The van der Waals surface area contributed by atoms with Gasteiger partial charge in [0.1, 0.15) is 5.75 Å². The summed E-state index contributed by atoms with van der Waals surface area (Å²) in [6, 6.07) is 7.35. The van der Waals surface area contributed by atoms with Crippen LogP contribution >= 0.6 is 11.6 Å². The molecule has 1 aromatic carbocycles. The fraction of sp³-hybridized carbons (Fsp3) is 0.417. The van der Waals surface area contributed by atoms with Gasteiger partial charge in [-0.15, -0.1) is 0 Å². The van der Waals surface area contributed by atoms with E-state index in [0.29, 0.717) is 29.5 Å². The number of anilines is 1. The third kappa shape index (κ3) is 2.40. The summed E-state index contributed by atoms with van der Waals surface area (Å²) in [5, 5.41) is 9.29. The molecule has 1 aliphatic rings. The molecular weight excluding hydrogens is 224 g/mol. The van der Waals surface area contributed by atoms with Crippen molar-refractivity contribution in [1.82, 2.24) is 0 Å². The first kappa shape index (κ1) is 11.1. The molecule has 16 heavy (non-hydrogen) atoms. The van der Waals surface area contributed by atoms with Gasteiger partial charge in [0.15, 0.2) is 0 Å². The minimum absolute atomic E-state index is 0.0590. The first-order valence-electron chi connectivity index (χ1n) is 5.20. The number of nitrogens with zero attached hydrogens (tertiary/aromatic N) is 1. The molecule has 3 nitrogen and oxygen atoms in total. The monoisotopic (exact) mass is 236 g/mol. The summed E-state index contributed by atoms with van der Waals surface area (Å²) >= 11 is 5.86. The van der Waals surface area contributed by atoms with Gasteiger partial charge in [-0.3, -0.25) is 0 Å². The zero-order valence-electron chi connectivity index (χ0n) is 8.87. The maximum atomic E-state index is 8.69. The molecule has 0 spiro atoms. The smallest absolute Gasteiger partial charge is 0.143 e. The molecule has 0 atom stereocenters. The SMILES string of the molecule is N#CCC1(COc2cc(Cl)ccc2N)CC1. The van der Waals surface area contributed by atoms with Crippen molar-refractivity contribution in [3.63, 3.8) is 0 Å². The molecule has 4 heteroatoms. The van der Waals surface area contributed by atoms with Crippen LogP contribution in [0.25, 0.3) is 0 Å². The van der Waals surface area contributed by atoms with Crippen molar-refractivity contribution >= 4 is 17.3 Å². The highest BCUT2D eigenvalue weighted by atomic mass is 35.5. The highest BCUT2D eigenvalue weighted by Gasteiger charge is 2.43. The number of nitrogens with two attached hydrogens (primary N) is 1. The van der Waals surface area contributed by atoms with Gasteiger partial charge in [-0.25, -0.2) is 0 Å². The first-order valence-corrected chi connectivity index (χ1v) is 5.58. The molecule has 0 aromatic heterocycles. The lowest BCUT2D eigenvalue weighted by atomic mass is 10.1. The summed E-state index contributed by atoms with van der Waals surface area (Å²) in [6.45, 7) is 0.547. The van der Waals surface area contributed by atoms with Gasteiger partial charge in [-0.05, 0) is 25.0 Å². The second kappa shape index (κ2) is 4.23. The van der Waals surface area contributed by atoms with Crippen molar-refractivity contribution < 1.29 is 4.74 Å². The van der Waals surface area contributed by atoms with Gasteiger partial charge in [0.2, 0.25) is 0 Å². The summed E-state index contributed by atoms with van der Waals surface area (Å²) in [6.07, 6.45) is 2.66. The van der Waals surface area contributed by atoms with Gasteiger partial charge < -0.3 is 10.5 Å². The van der Waals surface area contributed by atoms with E-state index in [1.54, 1.807) is 18.2 Å². The summed E-state index contributed by atoms with van der Waals surface area (Å²) in [5.41, 5.74) is 6.40. The van der Waals surface area contributed by atoms with Gasteiger partial charge in [0.05, 0.1) is 18.4 Å². The van der Waals surface area contributed by atoms with Crippen molar-refractivity contribution in [1.29, 1.82) is 5.26 Å². The van der Waals surface area contributed by atoms with Gasteiger partial charge in [0, 0.05) is 22.9 Å². The van der Waals surface area contributed by atoms with E-state index in [-0.39, 0.29) is 5.41 Å². The van der Waals surface area contributed by atoms with Crippen molar-refractivity contribution in [2.75, 3.05) is 12.3 Å². The van der Waals surface area contributed by atoms with Crippen LogP contribution in [0.1, 0.15) is 19.3 Å². The van der Waals surface area contributed by atoms with E-state index in [1.807, 2.05) is 0 Å². The standard InChI is InChI=1S/C12H13ClN2O/c13-9-1-2-10(15)11(7-9)16-8-12(3-4-12)5-6-14/h1-2,7H,3-5,8,15H2. The Morgan fingerprint density at radius 2 is 2.25 bits per heavy atom. The molecule has 0 radical (unpaired) electrons. The molecule has 0 aliphatic heterocycles. The van der Waals surface area contributed by atoms with Crippen LogP contribution in [0.4, 0.5) is 5.69 Å². The Labute approximate surface area is 99.8 Å². The summed E-state index contributed by atoms with van der Waals surface area (Å²) in [5.74, 6) is 0.608. The number of nitrogen functional groups attached to an aromatic ring is 1. The van der Waals surface area contributed by atoms with Gasteiger partial charge in [-0.2, -0.15) is 5.26 Å². The Morgan fingerprint density at radius 1 is 1.50 bits per heavy atom. The van der Waals surface area contributed by atoms with Gasteiger partial charge in [0.25, 0.3) is 0 Å². The predicted octanol–water partition coefficient (Wildman–Crippen LogP) is 2.99. The normalized spacial score (nSPS) is 16.5. The van der Waals surface area contributed by atoms with E-state index < -0.39 is 0 Å². The van der Waals surface area contributed by atoms with Crippen LogP contribution < -0.4 is 10.5 Å². The van der Waals surface area contributed by atoms with Gasteiger partial charge in [-0.1, -0.05) is 11.6 Å². The summed E-state index contributed by atoms with van der Waals surface area (Å²) < 4.78 is 5.64. The first-order chi connectivity index (χ1) is 7.65. The van der Waals surface area contributed by atoms with E-state index in [9.17, 15) is 0 Å². The Bertz CT molecular complexity index is 435. The van der Waals surface area contributed by atoms with Crippen LogP contribution in [0.2, 0.25) is 5.02 Å². The summed E-state index contributed by atoms with van der Waals surface area (Å²) in [7, 11) is 0. The Balaban J connectivity index is 2.00. The molecule has 0 saturated heterocycles. The molecule has 84 valence electrons. The lowest BCUT2D eigenvalue weighted by Crippen LogP contribution is -2.13. The highest BCUT2D eigenvalue weighted by Crippen LogP contribution is 2.49. The maximum Gasteiger partial charge on any atom is 0.143 e. The van der Waals surface area contributed by atoms with Crippen molar-refractivity contribution in [3.05, 3.63) is 23.2 Å². The Kier molecular flexibility index (Phi) is 2.93.